The van der Waals surface area contributed by atoms with Crippen molar-refractivity contribution in [3.8, 4) is 16.9 Å². The van der Waals surface area contributed by atoms with Gasteiger partial charge in [0.15, 0.2) is 18.7 Å². The number of carbonyl (C=O) groups excluding carboxylic acids is 2. The summed E-state index contributed by atoms with van der Waals surface area (Å²) in [5.41, 5.74) is 2.67. The van der Waals surface area contributed by atoms with Crippen LogP contribution in [0.15, 0.2) is 61.1 Å². The molecule has 0 aliphatic carbocycles. The van der Waals surface area contributed by atoms with E-state index in [0.29, 0.717) is 17.9 Å². The minimum Gasteiger partial charge on any atom is -0.461 e. The monoisotopic (exact) mass is 336 g/mol. The molecule has 3 rings (SSSR count). The summed E-state index contributed by atoms with van der Waals surface area (Å²) in [4.78, 5) is 23.1. The molecule has 0 fully saturated rings. The van der Waals surface area contributed by atoms with Gasteiger partial charge in [-0.05, 0) is 25.1 Å². The van der Waals surface area contributed by atoms with Gasteiger partial charge in [0, 0.05) is 12.3 Å². The van der Waals surface area contributed by atoms with E-state index in [1.165, 1.54) is 0 Å². The molecule has 126 valence electrons. The van der Waals surface area contributed by atoms with Gasteiger partial charge < -0.3 is 4.74 Å². The minimum absolute atomic E-state index is 0.109. The maximum absolute atomic E-state index is 11.7. The van der Waals surface area contributed by atoms with Gasteiger partial charge in [-0.3, -0.25) is 4.79 Å². The zero-order valence-corrected chi connectivity index (χ0v) is 13.8. The zero-order valence-electron chi connectivity index (χ0n) is 13.8. The van der Waals surface area contributed by atoms with Gasteiger partial charge in [-0.1, -0.05) is 18.2 Å². The van der Waals surface area contributed by atoms with Gasteiger partial charge in [-0.25, -0.2) is 9.48 Å². The molecular formula is C19H18N3O3+. The molecule has 0 unspecified atom stereocenters. The normalized spacial score (nSPS) is 10.4. The number of ether oxygens (including phenoxy) is 1. The average molecular weight is 336 g/mol. The van der Waals surface area contributed by atoms with E-state index in [9.17, 15) is 9.59 Å². The number of benzene rings is 1. The summed E-state index contributed by atoms with van der Waals surface area (Å²) >= 11 is 0. The molecule has 0 radical (unpaired) electrons. The molecule has 25 heavy (non-hydrogen) atoms. The van der Waals surface area contributed by atoms with Crippen molar-refractivity contribution in [1.29, 1.82) is 0 Å². The van der Waals surface area contributed by atoms with Crippen molar-refractivity contribution in [1.82, 2.24) is 9.78 Å². The van der Waals surface area contributed by atoms with Gasteiger partial charge >= 0.3 is 5.97 Å². The quantitative estimate of drug-likeness (QED) is 0.393. The third-order valence-corrected chi connectivity index (χ3v) is 3.64. The highest BCUT2D eigenvalue weighted by Crippen LogP contribution is 2.21. The fourth-order valence-electron chi connectivity index (χ4n) is 2.53. The van der Waals surface area contributed by atoms with Crippen LogP contribution >= 0.6 is 0 Å². The molecule has 0 spiro atoms. The SMILES string of the molecule is CCOC(=O)C[n+]1cccc(-c2nn(-c3ccccc3)cc2C=O)c1. The van der Waals surface area contributed by atoms with E-state index < -0.39 is 0 Å². The second kappa shape index (κ2) is 7.53. The number of aromatic nitrogens is 3. The molecule has 0 amide bonds. The lowest BCUT2D eigenvalue weighted by atomic mass is 10.1. The van der Waals surface area contributed by atoms with Crippen molar-refractivity contribution in [2.24, 2.45) is 0 Å². The Balaban J connectivity index is 1.95. The van der Waals surface area contributed by atoms with Crippen LogP contribution in [0.4, 0.5) is 0 Å². The lowest BCUT2D eigenvalue weighted by Crippen LogP contribution is -2.38. The van der Waals surface area contributed by atoms with Crippen molar-refractivity contribution in [2.45, 2.75) is 13.5 Å². The van der Waals surface area contributed by atoms with Gasteiger partial charge in [0.2, 0.25) is 6.54 Å². The lowest BCUT2D eigenvalue weighted by molar-refractivity contribution is -0.685. The van der Waals surface area contributed by atoms with E-state index >= 15 is 0 Å². The number of para-hydroxylation sites is 1. The number of rotatable bonds is 6. The van der Waals surface area contributed by atoms with Crippen molar-refractivity contribution in [2.75, 3.05) is 6.61 Å². The number of aldehydes is 1. The Morgan fingerprint density at radius 1 is 1.24 bits per heavy atom. The summed E-state index contributed by atoms with van der Waals surface area (Å²) in [5, 5.41) is 4.53. The van der Waals surface area contributed by atoms with Crippen LogP contribution in [-0.2, 0) is 16.1 Å². The van der Waals surface area contributed by atoms with Crippen molar-refractivity contribution in [3.05, 3.63) is 66.6 Å². The molecule has 1 aromatic carbocycles. The summed E-state index contributed by atoms with van der Waals surface area (Å²) < 4.78 is 8.34. The molecule has 6 heteroatoms. The minimum atomic E-state index is -0.310. The number of pyridine rings is 1. The first-order valence-corrected chi connectivity index (χ1v) is 7.96. The van der Waals surface area contributed by atoms with Crippen LogP contribution < -0.4 is 4.57 Å². The average Bonchev–Trinajstić information content (AvgIpc) is 3.07. The Labute approximate surface area is 145 Å². The topological polar surface area (TPSA) is 65.1 Å². The molecule has 2 heterocycles. The zero-order chi connectivity index (χ0) is 17.6. The molecule has 0 aliphatic heterocycles. The number of esters is 1. The number of carbonyl (C=O) groups is 2. The number of nitrogens with zero attached hydrogens (tertiary/aromatic N) is 3. The first kappa shape index (κ1) is 16.6. The van der Waals surface area contributed by atoms with E-state index in [4.69, 9.17) is 4.74 Å². The van der Waals surface area contributed by atoms with Gasteiger partial charge in [-0.2, -0.15) is 9.67 Å². The van der Waals surface area contributed by atoms with Crippen LogP contribution in [0.1, 0.15) is 17.3 Å². The van der Waals surface area contributed by atoms with Crippen LogP contribution in [0.3, 0.4) is 0 Å². The maximum atomic E-state index is 11.7. The van der Waals surface area contributed by atoms with Crippen LogP contribution in [0.25, 0.3) is 16.9 Å². The van der Waals surface area contributed by atoms with Crippen LogP contribution in [0.2, 0.25) is 0 Å². The summed E-state index contributed by atoms with van der Waals surface area (Å²) in [6.45, 7) is 2.22. The highest BCUT2D eigenvalue weighted by Gasteiger charge is 2.16. The van der Waals surface area contributed by atoms with Crippen LogP contribution in [-0.4, -0.2) is 28.6 Å². The largest absolute Gasteiger partial charge is 0.461 e. The Morgan fingerprint density at radius 2 is 2.04 bits per heavy atom. The molecule has 3 aromatic rings. The molecule has 6 nitrogen and oxygen atoms in total. The summed E-state index contributed by atoms with van der Waals surface area (Å²) in [6, 6.07) is 13.2. The summed E-state index contributed by atoms with van der Waals surface area (Å²) in [6.07, 6.45) is 6.03. The second-order valence-corrected chi connectivity index (χ2v) is 5.40. The van der Waals surface area contributed by atoms with E-state index in [2.05, 4.69) is 5.10 Å². The van der Waals surface area contributed by atoms with E-state index in [1.807, 2.05) is 42.5 Å². The first-order chi connectivity index (χ1) is 12.2. The highest BCUT2D eigenvalue weighted by atomic mass is 16.5. The number of hydrogen-bond acceptors (Lipinski definition) is 4. The van der Waals surface area contributed by atoms with Gasteiger partial charge in [0.1, 0.15) is 5.69 Å². The Morgan fingerprint density at radius 3 is 2.76 bits per heavy atom. The Kier molecular flexibility index (Phi) is 4.99. The predicted octanol–water partition coefficient (Wildman–Crippen LogP) is 2.20. The third-order valence-electron chi connectivity index (χ3n) is 3.64. The smallest absolute Gasteiger partial charge is 0.372 e. The fraction of sp³-hybridized carbons (Fsp3) is 0.158. The van der Waals surface area contributed by atoms with Gasteiger partial charge in [0.05, 0.1) is 23.4 Å². The molecule has 2 aromatic heterocycles. The molecule has 0 N–H and O–H groups in total. The van der Waals surface area contributed by atoms with Crippen LogP contribution in [0, 0.1) is 0 Å². The standard InChI is InChI=1S/C19H18N3O3/c1-2-25-18(24)13-21-10-6-7-15(11-21)19-16(14-23)12-22(20-19)17-8-4-3-5-9-17/h3-12,14H,2,13H2,1H3/q+1. The highest BCUT2D eigenvalue weighted by molar-refractivity contribution is 5.85. The predicted molar refractivity (Wildman–Crippen MR) is 91.2 cm³/mol. The Hall–Kier alpha value is -3.28. The van der Waals surface area contributed by atoms with Crippen molar-refractivity contribution >= 4 is 12.3 Å². The van der Waals surface area contributed by atoms with E-state index in [-0.39, 0.29) is 12.5 Å². The lowest BCUT2D eigenvalue weighted by Gasteiger charge is -2.01. The van der Waals surface area contributed by atoms with Gasteiger partial charge in [-0.15, -0.1) is 0 Å². The van der Waals surface area contributed by atoms with Crippen molar-refractivity contribution in [3.63, 3.8) is 0 Å². The van der Waals surface area contributed by atoms with Gasteiger partial charge in [0.25, 0.3) is 0 Å². The molecule has 0 aliphatic rings. The molecular weight excluding hydrogens is 318 g/mol. The van der Waals surface area contributed by atoms with Crippen LogP contribution in [0.5, 0.6) is 0 Å². The second-order valence-electron chi connectivity index (χ2n) is 5.40. The first-order valence-electron chi connectivity index (χ1n) is 7.96. The maximum Gasteiger partial charge on any atom is 0.372 e. The van der Waals surface area contributed by atoms with E-state index in [0.717, 1.165) is 17.5 Å². The molecule has 0 saturated carbocycles. The Bertz CT molecular complexity index is 888. The molecule has 0 bridgehead atoms. The third kappa shape index (κ3) is 3.80. The fourth-order valence-corrected chi connectivity index (χ4v) is 2.53. The number of hydrogen-bond donors (Lipinski definition) is 0. The molecule has 0 saturated heterocycles. The molecule has 0 atom stereocenters. The van der Waals surface area contributed by atoms with E-state index in [1.54, 1.807) is 34.8 Å². The summed E-state index contributed by atoms with van der Waals surface area (Å²) in [7, 11) is 0. The summed E-state index contributed by atoms with van der Waals surface area (Å²) in [5.74, 6) is -0.310. The van der Waals surface area contributed by atoms with Crippen molar-refractivity contribution < 1.29 is 18.9 Å².